The average Bonchev–Trinajstić information content (AvgIpc) is 2.19. The smallest absolute Gasteiger partial charge is 0.202 e. The predicted octanol–water partition coefficient (Wildman–Crippen LogP) is 2.85. The molecule has 1 aliphatic carbocycles. The van der Waals surface area contributed by atoms with E-state index in [1.54, 1.807) is 0 Å². The Morgan fingerprint density at radius 3 is 1.80 bits per heavy atom. The van der Waals surface area contributed by atoms with Crippen LogP contribution in [0.1, 0.15) is 20.8 Å². The van der Waals surface area contributed by atoms with Gasteiger partial charge in [-0.1, -0.05) is 19.4 Å². The molecule has 58 valence electrons. The van der Waals surface area contributed by atoms with Crippen LogP contribution in [0.3, 0.4) is 0 Å². The second-order valence-electron chi connectivity index (χ2n) is 3.18. The normalized spacial score (nSPS) is 32.3. The first-order valence-electron chi connectivity index (χ1n) is 3.52. The van der Waals surface area contributed by atoms with Crippen molar-refractivity contribution in [1.82, 2.24) is 0 Å². The van der Waals surface area contributed by atoms with Gasteiger partial charge in [-0.15, -0.1) is 0 Å². The fourth-order valence-corrected chi connectivity index (χ4v) is 1.16. The van der Waals surface area contributed by atoms with Crippen LogP contribution >= 0.6 is 0 Å². The molecule has 0 nitrogen and oxygen atoms in total. The lowest BCUT2D eigenvalue weighted by Gasteiger charge is -2.00. The van der Waals surface area contributed by atoms with E-state index in [1.807, 2.05) is 13.8 Å². The van der Waals surface area contributed by atoms with E-state index in [0.717, 1.165) is 18.6 Å². The summed E-state index contributed by atoms with van der Waals surface area (Å²) in [6.07, 6.45) is 1.09. The first-order valence-corrected chi connectivity index (χ1v) is 3.52. The van der Waals surface area contributed by atoms with Crippen LogP contribution in [0, 0.1) is 11.8 Å². The Hall–Kier alpha value is -0.400. The first kappa shape index (κ1) is 7.70. The van der Waals surface area contributed by atoms with Crippen molar-refractivity contribution in [3.8, 4) is 0 Å². The third kappa shape index (κ3) is 1.55. The van der Waals surface area contributed by atoms with Gasteiger partial charge in [0.15, 0.2) is 0 Å². The number of alkyl halides is 2. The standard InChI is InChI=1S/C8H12F2/c1-5-6(2)7(5)4-8(3,9)10/h4-6H,1-3H3. The summed E-state index contributed by atoms with van der Waals surface area (Å²) in [5, 5.41) is 0. The molecular formula is C8H12F2. The summed E-state index contributed by atoms with van der Waals surface area (Å²) in [6.45, 7) is 4.88. The molecule has 0 radical (unpaired) electrons. The van der Waals surface area contributed by atoms with Gasteiger partial charge in [0.25, 0.3) is 5.92 Å². The Bertz CT molecular complexity index is 155. The predicted molar refractivity (Wildman–Crippen MR) is 37.0 cm³/mol. The molecule has 0 aromatic rings. The van der Waals surface area contributed by atoms with Gasteiger partial charge in [-0.2, -0.15) is 0 Å². The lowest BCUT2D eigenvalue weighted by molar-refractivity contribution is 0.0768. The van der Waals surface area contributed by atoms with Gasteiger partial charge in [0.1, 0.15) is 0 Å². The molecule has 0 saturated heterocycles. The molecule has 0 spiro atoms. The van der Waals surface area contributed by atoms with Crippen molar-refractivity contribution in [2.45, 2.75) is 26.7 Å². The molecule has 1 fully saturated rings. The highest BCUT2D eigenvalue weighted by molar-refractivity contribution is 5.28. The van der Waals surface area contributed by atoms with Gasteiger partial charge in [0, 0.05) is 6.92 Å². The minimum atomic E-state index is -2.62. The molecule has 1 aliphatic rings. The number of halogens is 2. The van der Waals surface area contributed by atoms with E-state index >= 15 is 0 Å². The van der Waals surface area contributed by atoms with E-state index in [0.29, 0.717) is 11.8 Å². The summed E-state index contributed by atoms with van der Waals surface area (Å²) in [7, 11) is 0. The Kier molecular flexibility index (Phi) is 1.57. The summed E-state index contributed by atoms with van der Waals surface area (Å²) < 4.78 is 24.6. The molecule has 0 heterocycles. The van der Waals surface area contributed by atoms with Gasteiger partial charge in [-0.3, -0.25) is 0 Å². The molecule has 0 aliphatic heterocycles. The van der Waals surface area contributed by atoms with E-state index in [9.17, 15) is 8.78 Å². The van der Waals surface area contributed by atoms with Crippen molar-refractivity contribution in [3.05, 3.63) is 11.6 Å². The monoisotopic (exact) mass is 146 g/mol. The van der Waals surface area contributed by atoms with E-state index in [2.05, 4.69) is 0 Å². The van der Waals surface area contributed by atoms with Crippen molar-refractivity contribution in [3.63, 3.8) is 0 Å². The van der Waals surface area contributed by atoms with Crippen LogP contribution in [0.15, 0.2) is 11.6 Å². The minimum absolute atomic E-state index is 0.380. The van der Waals surface area contributed by atoms with Crippen molar-refractivity contribution in [2.75, 3.05) is 0 Å². The third-order valence-electron chi connectivity index (χ3n) is 2.11. The molecule has 2 atom stereocenters. The minimum Gasteiger partial charge on any atom is -0.202 e. The molecule has 0 amide bonds. The zero-order valence-electron chi connectivity index (χ0n) is 6.49. The van der Waals surface area contributed by atoms with Crippen LogP contribution < -0.4 is 0 Å². The largest absolute Gasteiger partial charge is 0.264 e. The number of hydrogen-bond donors (Lipinski definition) is 0. The molecule has 2 heteroatoms. The zero-order valence-corrected chi connectivity index (χ0v) is 6.49. The van der Waals surface area contributed by atoms with Gasteiger partial charge >= 0.3 is 0 Å². The molecule has 1 rings (SSSR count). The van der Waals surface area contributed by atoms with Gasteiger partial charge < -0.3 is 0 Å². The van der Waals surface area contributed by atoms with Gasteiger partial charge in [-0.25, -0.2) is 8.78 Å². The van der Waals surface area contributed by atoms with Gasteiger partial charge in [-0.05, 0) is 17.9 Å². The Morgan fingerprint density at radius 1 is 1.30 bits per heavy atom. The SMILES string of the molecule is CC1C(=CC(C)(F)F)C1C. The average molecular weight is 146 g/mol. The fraction of sp³-hybridized carbons (Fsp3) is 0.750. The highest BCUT2D eigenvalue weighted by Gasteiger charge is 2.38. The summed E-state index contributed by atoms with van der Waals surface area (Å²) in [5.74, 6) is -1.86. The maximum atomic E-state index is 12.3. The van der Waals surface area contributed by atoms with Crippen LogP contribution in [-0.4, -0.2) is 5.92 Å². The quantitative estimate of drug-likeness (QED) is 0.499. The molecule has 1 saturated carbocycles. The van der Waals surface area contributed by atoms with Gasteiger partial charge in [0.05, 0.1) is 0 Å². The summed E-state index contributed by atoms with van der Waals surface area (Å²) in [6, 6.07) is 0. The molecule has 0 N–H and O–H groups in total. The third-order valence-corrected chi connectivity index (χ3v) is 2.11. The second-order valence-corrected chi connectivity index (χ2v) is 3.18. The Labute approximate surface area is 59.9 Å². The van der Waals surface area contributed by atoms with E-state index in [1.165, 1.54) is 0 Å². The second kappa shape index (κ2) is 2.04. The van der Waals surface area contributed by atoms with E-state index < -0.39 is 5.92 Å². The summed E-state index contributed by atoms with van der Waals surface area (Å²) in [5.41, 5.74) is 0.910. The molecule has 0 bridgehead atoms. The maximum absolute atomic E-state index is 12.3. The number of rotatable bonds is 1. The van der Waals surface area contributed by atoms with Crippen LogP contribution in [-0.2, 0) is 0 Å². The molecule has 10 heavy (non-hydrogen) atoms. The Morgan fingerprint density at radius 2 is 1.70 bits per heavy atom. The van der Waals surface area contributed by atoms with Crippen molar-refractivity contribution < 1.29 is 8.78 Å². The molecule has 2 unspecified atom stereocenters. The lowest BCUT2D eigenvalue weighted by Crippen LogP contribution is -2.03. The molecule has 0 aromatic heterocycles. The molecule has 0 aromatic carbocycles. The van der Waals surface area contributed by atoms with Crippen molar-refractivity contribution in [2.24, 2.45) is 11.8 Å². The van der Waals surface area contributed by atoms with E-state index in [4.69, 9.17) is 0 Å². The highest BCUT2D eigenvalue weighted by atomic mass is 19.3. The number of allylic oxidation sites excluding steroid dienone is 2. The van der Waals surface area contributed by atoms with Gasteiger partial charge in [0.2, 0.25) is 0 Å². The van der Waals surface area contributed by atoms with Crippen LogP contribution in [0.4, 0.5) is 8.78 Å². The van der Waals surface area contributed by atoms with Crippen molar-refractivity contribution in [1.29, 1.82) is 0 Å². The van der Waals surface area contributed by atoms with Crippen LogP contribution in [0.2, 0.25) is 0 Å². The first-order chi connectivity index (χ1) is 4.42. The summed E-state index contributed by atoms with van der Waals surface area (Å²) in [4.78, 5) is 0. The summed E-state index contributed by atoms with van der Waals surface area (Å²) >= 11 is 0. The molecular weight excluding hydrogens is 134 g/mol. The highest BCUT2D eigenvalue weighted by Crippen LogP contribution is 2.46. The number of hydrogen-bond acceptors (Lipinski definition) is 0. The topological polar surface area (TPSA) is 0 Å². The zero-order chi connectivity index (χ0) is 7.94. The fourth-order valence-electron chi connectivity index (χ4n) is 1.16. The van der Waals surface area contributed by atoms with Crippen molar-refractivity contribution >= 4 is 0 Å². The van der Waals surface area contributed by atoms with Crippen LogP contribution in [0.5, 0.6) is 0 Å². The Balaban J connectivity index is 2.60. The maximum Gasteiger partial charge on any atom is 0.264 e. The lowest BCUT2D eigenvalue weighted by atomic mass is 10.3. The van der Waals surface area contributed by atoms with Crippen LogP contribution in [0.25, 0.3) is 0 Å². The van der Waals surface area contributed by atoms with E-state index in [-0.39, 0.29) is 0 Å².